The van der Waals surface area contributed by atoms with Crippen molar-refractivity contribution >= 4 is 11.8 Å². The average Bonchev–Trinajstić information content (AvgIpc) is 3.21. The number of hydrogen-bond donors (Lipinski definition) is 1. The number of nitrogens with zero attached hydrogens (tertiary/aromatic N) is 2. The van der Waals surface area contributed by atoms with Crippen LogP contribution in [0.2, 0.25) is 0 Å². The van der Waals surface area contributed by atoms with E-state index in [2.05, 4.69) is 13.8 Å². The molecule has 0 spiro atoms. The maximum Gasteiger partial charge on any atom is 0.253 e. The van der Waals surface area contributed by atoms with E-state index in [1.165, 1.54) is 0 Å². The highest BCUT2D eigenvalue weighted by atomic mass is 16.5. The minimum atomic E-state index is -0.322. The molecule has 148 valence electrons. The van der Waals surface area contributed by atoms with Crippen molar-refractivity contribution in [2.45, 2.75) is 52.2 Å². The Morgan fingerprint density at radius 2 is 2.07 bits per heavy atom. The molecule has 2 fully saturated rings. The molecule has 6 nitrogen and oxygen atoms in total. The zero-order chi connectivity index (χ0) is 19.6. The molecule has 2 atom stereocenters. The third-order valence-electron chi connectivity index (χ3n) is 5.67. The molecule has 2 heterocycles. The van der Waals surface area contributed by atoms with Crippen molar-refractivity contribution in [2.75, 3.05) is 26.2 Å². The standard InChI is InChI=1S/C21H30N2O4/c1-4-15-12-16(7-8-18(15)24)20(25)22-9-10-23(17(13-22)14(2)3)21(26)19-6-5-11-27-19/h7-8,12,14,17,19,24H,4-6,9-11,13H2,1-3H3/t17?,19-/m1/s1. The van der Waals surface area contributed by atoms with E-state index >= 15 is 0 Å². The number of aromatic hydroxyl groups is 1. The molecule has 2 amide bonds. The van der Waals surface area contributed by atoms with Gasteiger partial charge in [0.05, 0.1) is 6.04 Å². The zero-order valence-electron chi connectivity index (χ0n) is 16.5. The van der Waals surface area contributed by atoms with Crippen molar-refractivity contribution in [3.8, 4) is 5.75 Å². The zero-order valence-corrected chi connectivity index (χ0v) is 16.5. The van der Waals surface area contributed by atoms with E-state index in [0.717, 1.165) is 18.4 Å². The summed E-state index contributed by atoms with van der Waals surface area (Å²) in [5.41, 5.74) is 1.36. The van der Waals surface area contributed by atoms with Crippen molar-refractivity contribution < 1.29 is 19.4 Å². The summed E-state index contributed by atoms with van der Waals surface area (Å²) in [6, 6.07) is 5.02. The predicted molar refractivity (Wildman–Crippen MR) is 103 cm³/mol. The number of rotatable bonds is 4. The Balaban J connectivity index is 1.74. The maximum atomic E-state index is 13.0. The van der Waals surface area contributed by atoms with Crippen molar-refractivity contribution in [1.82, 2.24) is 9.80 Å². The van der Waals surface area contributed by atoms with Crippen LogP contribution in [-0.2, 0) is 16.0 Å². The van der Waals surface area contributed by atoms with Gasteiger partial charge in [-0.3, -0.25) is 9.59 Å². The number of carbonyl (C=O) groups excluding carboxylic acids is 2. The van der Waals surface area contributed by atoms with Gasteiger partial charge in [0.2, 0.25) is 0 Å². The van der Waals surface area contributed by atoms with Gasteiger partial charge in [-0.1, -0.05) is 20.8 Å². The van der Waals surface area contributed by atoms with Gasteiger partial charge < -0.3 is 19.6 Å². The summed E-state index contributed by atoms with van der Waals surface area (Å²) >= 11 is 0. The first kappa shape index (κ1) is 19.7. The van der Waals surface area contributed by atoms with Crippen LogP contribution in [0.5, 0.6) is 5.75 Å². The second-order valence-electron chi connectivity index (χ2n) is 7.79. The third-order valence-corrected chi connectivity index (χ3v) is 5.67. The van der Waals surface area contributed by atoms with E-state index in [9.17, 15) is 14.7 Å². The second kappa shape index (κ2) is 8.30. The van der Waals surface area contributed by atoms with Gasteiger partial charge in [-0.05, 0) is 48.9 Å². The number of carbonyl (C=O) groups is 2. The molecule has 0 aliphatic carbocycles. The number of phenolic OH excluding ortho intramolecular Hbond substituents is 1. The number of hydrogen-bond acceptors (Lipinski definition) is 4. The summed E-state index contributed by atoms with van der Waals surface area (Å²) in [4.78, 5) is 29.6. The molecule has 0 radical (unpaired) electrons. The summed E-state index contributed by atoms with van der Waals surface area (Å²) in [5, 5.41) is 9.86. The fourth-order valence-corrected chi connectivity index (χ4v) is 3.98. The number of piperazine rings is 1. The Labute approximate surface area is 161 Å². The maximum absolute atomic E-state index is 13.0. The van der Waals surface area contributed by atoms with E-state index in [4.69, 9.17) is 4.74 Å². The molecule has 2 aliphatic heterocycles. The molecule has 0 bridgehead atoms. The van der Waals surface area contributed by atoms with Crippen LogP contribution in [0, 0.1) is 5.92 Å². The Morgan fingerprint density at radius 1 is 1.30 bits per heavy atom. The molecule has 1 aromatic carbocycles. The van der Waals surface area contributed by atoms with Gasteiger partial charge >= 0.3 is 0 Å². The lowest BCUT2D eigenvalue weighted by molar-refractivity contribution is -0.146. The van der Waals surface area contributed by atoms with E-state index < -0.39 is 0 Å². The van der Waals surface area contributed by atoms with E-state index in [-0.39, 0.29) is 35.6 Å². The topological polar surface area (TPSA) is 70.1 Å². The van der Waals surface area contributed by atoms with Crippen LogP contribution < -0.4 is 0 Å². The van der Waals surface area contributed by atoms with Gasteiger partial charge in [0.25, 0.3) is 11.8 Å². The monoisotopic (exact) mass is 374 g/mol. The first-order valence-corrected chi connectivity index (χ1v) is 9.95. The minimum absolute atomic E-state index is 0.0119. The molecule has 3 rings (SSSR count). The van der Waals surface area contributed by atoms with Crippen LogP contribution in [0.15, 0.2) is 18.2 Å². The largest absolute Gasteiger partial charge is 0.508 e. The van der Waals surface area contributed by atoms with Gasteiger partial charge in [-0.15, -0.1) is 0 Å². The summed E-state index contributed by atoms with van der Waals surface area (Å²) in [6.07, 6.45) is 2.07. The molecule has 1 aromatic rings. The molecular weight excluding hydrogens is 344 g/mol. The van der Waals surface area contributed by atoms with E-state index in [1.807, 2.05) is 16.7 Å². The number of aryl methyl sites for hydroxylation is 1. The van der Waals surface area contributed by atoms with Gasteiger partial charge in [0.1, 0.15) is 11.9 Å². The summed E-state index contributed by atoms with van der Waals surface area (Å²) < 4.78 is 5.58. The SMILES string of the molecule is CCc1cc(C(=O)N2CCN(C(=O)[C@H]3CCCO3)C(C(C)C)C2)ccc1O. The fraction of sp³-hybridized carbons (Fsp3) is 0.619. The number of phenols is 1. The highest BCUT2D eigenvalue weighted by Crippen LogP contribution is 2.25. The highest BCUT2D eigenvalue weighted by Gasteiger charge is 2.38. The number of benzene rings is 1. The average molecular weight is 374 g/mol. The van der Waals surface area contributed by atoms with Crippen molar-refractivity contribution in [3.05, 3.63) is 29.3 Å². The Morgan fingerprint density at radius 3 is 2.70 bits per heavy atom. The van der Waals surface area contributed by atoms with E-state index in [0.29, 0.717) is 38.2 Å². The van der Waals surface area contributed by atoms with Crippen LogP contribution in [0.25, 0.3) is 0 Å². The van der Waals surface area contributed by atoms with Gasteiger partial charge in [-0.25, -0.2) is 0 Å². The van der Waals surface area contributed by atoms with Gasteiger partial charge in [-0.2, -0.15) is 0 Å². The van der Waals surface area contributed by atoms with Crippen molar-refractivity contribution in [3.63, 3.8) is 0 Å². The predicted octanol–water partition coefficient (Wildman–Crippen LogP) is 2.44. The van der Waals surface area contributed by atoms with E-state index in [1.54, 1.807) is 18.2 Å². The third kappa shape index (κ3) is 4.10. The van der Waals surface area contributed by atoms with Crippen LogP contribution >= 0.6 is 0 Å². The molecular formula is C21H30N2O4. The van der Waals surface area contributed by atoms with Crippen LogP contribution in [-0.4, -0.2) is 65.1 Å². The van der Waals surface area contributed by atoms with Gasteiger partial charge in [0, 0.05) is 31.8 Å². The highest BCUT2D eigenvalue weighted by molar-refractivity contribution is 5.95. The Hall–Kier alpha value is -2.08. The molecule has 0 saturated carbocycles. The van der Waals surface area contributed by atoms with Crippen LogP contribution in [0.3, 0.4) is 0 Å². The molecule has 27 heavy (non-hydrogen) atoms. The first-order valence-electron chi connectivity index (χ1n) is 9.95. The van der Waals surface area contributed by atoms with Gasteiger partial charge in [0.15, 0.2) is 0 Å². The Bertz CT molecular complexity index is 697. The van der Waals surface area contributed by atoms with Crippen molar-refractivity contribution in [1.29, 1.82) is 0 Å². The first-order chi connectivity index (χ1) is 12.9. The molecule has 1 N–H and O–H groups in total. The van der Waals surface area contributed by atoms with Crippen molar-refractivity contribution in [2.24, 2.45) is 5.92 Å². The summed E-state index contributed by atoms with van der Waals surface area (Å²) in [7, 11) is 0. The van der Waals surface area contributed by atoms with Crippen LogP contribution in [0.1, 0.15) is 49.5 Å². The lowest BCUT2D eigenvalue weighted by Crippen LogP contribution is -2.60. The molecule has 2 saturated heterocycles. The normalized spacial score (nSPS) is 23.1. The quantitative estimate of drug-likeness (QED) is 0.879. The Kier molecular flexibility index (Phi) is 6.05. The molecule has 6 heteroatoms. The second-order valence-corrected chi connectivity index (χ2v) is 7.79. The summed E-state index contributed by atoms with van der Waals surface area (Å²) in [5.74, 6) is 0.494. The minimum Gasteiger partial charge on any atom is -0.508 e. The molecule has 0 aromatic heterocycles. The molecule has 1 unspecified atom stereocenters. The fourth-order valence-electron chi connectivity index (χ4n) is 3.98. The molecule has 2 aliphatic rings. The lowest BCUT2D eigenvalue weighted by atomic mass is 9.97. The van der Waals surface area contributed by atoms with Crippen LogP contribution in [0.4, 0.5) is 0 Å². The number of ether oxygens (including phenoxy) is 1. The number of amides is 2. The lowest BCUT2D eigenvalue weighted by Gasteiger charge is -2.44. The smallest absolute Gasteiger partial charge is 0.253 e. The summed E-state index contributed by atoms with van der Waals surface area (Å²) in [6.45, 7) is 8.36.